The van der Waals surface area contributed by atoms with Crippen LogP contribution in [0.5, 0.6) is 11.5 Å². The van der Waals surface area contributed by atoms with Gasteiger partial charge in [-0.25, -0.2) is 4.68 Å². The van der Waals surface area contributed by atoms with Crippen LogP contribution in [0.3, 0.4) is 0 Å². The van der Waals surface area contributed by atoms with Crippen molar-refractivity contribution in [3.05, 3.63) is 42.4 Å². The lowest BCUT2D eigenvalue weighted by molar-refractivity contribution is -0.147. The molecule has 1 aromatic heterocycles. The summed E-state index contributed by atoms with van der Waals surface area (Å²) in [5, 5.41) is 7.36. The molecule has 2 aromatic rings. The van der Waals surface area contributed by atoms with E-state index in [1.807, 2.05) is 18.2 Å². The fourth-order valence-corrected chi connectivity index (χ4v) is 3.45. The molecule has 29 heavy (non-hydrogen) atoms. The molecule has 2 heterocycles. The Morgan fingerprint density at radius 2 is 2.10 bits per heavy atom. The maximum atomic E-state index is 12.7. The number of carbonyl (C=O) groups excluding carboxylic acids is 1. The molecule has 1 aromatic carbocycles. The van der Waals surface area contributed by atoms with Crippen molar-refractivity contribution in [2.24, 2.45) is 5.92 Å². The van der Waals surface area contributed by atoms with Crippen molar-refractivity contribution in [1.82, 2.24) is 14.8 Å². The Bertz CT molecular complexity index is 864. The summed E-state index contributed by atoms with van der Waals surface area (Å²) in [7, 11) is 1.60. The number of rotatable bonds is 9. The zero-order valence-corrected chi connectivity index (χ0v) is 17.2. The lowest BCUT2D eigenvalue weighted by Crippen LogP contribution is -2.37. The number of carbonyl (C=O) groups is 1. The van der Waals surface area contributed by atoms with Gasteiger partial charge in [0.05, 0.1) is 26.4 Å². The average Bonchev–Trinajstić information content (AvgIpc) is 3.18. The maximum Gasteiger partial charge on any atom is 0.317 e. The predicted molar refractivity (Wildman–Crippen MR) is 109 cm³/mol. The molecular weight excluding hydrogens is 372 g/mol. The molecule has 0 amide bonds. The quantitative estimate of drug-likeness (QED) is 0.509. The van der Waals surface area contributed by atoms with Gasteiger partial charge < -0.3 is 19.5 Å². The Morgan fingerprint density at radius 1 is 1.28 bits per heavy atom. The van der Waals surface area contributed by atoms with Crippen LogP contribution in [0, 0.1) is 5.92 Å². The number of anilines is 1. The third-order valence-corrected chi connectivity index (χ3v) is 4.88. The highest BCUT2D eigenvalue weighted by Crippen LogP contribution is 2.40. The first-order valence-electron chi connectivity index (χ1n) is 9.93. The maximum absolute atomic E-state index is 12.7. The van der Waals surface area contributed by atoms with E-state index in [1.54, 1.807) is 18.7 Å². The Kier molecular flexibility index (Phi) is 6.74. The second kappa shape index (κ2) is 9.45. The number of nitrogens with zero attached hydrogens (tertiary/aromatic N) is 3. The standard InChI is InChI=1S/C21H28N4O4/c1-5-7-8-11-29-16-10-9-15(12-17(16)27-4)19-18(20(26)28-6-2)14(3)24-21-22-13-23-25(19)21/h9-10,12-13,18-19H,3,5-8,11H2,1-2,4H3,(H,22,23,24)/t18-,19-/m0/s1. The number of esters is 1. The molecule has 156 valence electrons. The lowest BCUT2D eigenvalue weighted by atomic mass is 9.89. The Labute approximate surface area is 170 Å². The number of methoxy groups -OCH3 is 1. The molecule has 0 bridgehead atoms. The number of unbranched alkanes of at least 4 members (excludes halogenated alkanes) is 2. The fourth-order valence-electron chi connectivity index (χ4n) is 3.45. The molecule has 0 fully saturated rings. The van der Waals surface area contributed by atoms with Gasteiger partial charge in [-0.2, -0.15) is 10.1 Å². The van der Waals surface area contributed by atoms with E-state index >= 15 is 0 Å². The van der Waals surface area contributed by atoms with Gasteiger partial charge in [0, 0.05) is 5.70 Å². The number of hydrogen-bond donors (Lipinski definition) is 1. The smallest absolute Gasteiger partial charge is 0.317 e. The zero-order valence-electron chi connectivity index (χ0n) is 17.2. The first-order chi connectivity index (χ1) is 14.1. The first kappa shape index (κ1) is 20.7. The lowest BCUT2D eigenvalue weighted by Gasteiger charge is -2.33. The van der Waals surface area contributed by atoms with Gasteiger partial charge in [0.25, 0.3) is 0 Å². The highest BCUT2D eigenvalue weighted by Gasteiger charge is 2.40. The first-order valence-corrected chi connectivity index (χ1v) is 9.93. The van der Waals surface area contributed by atoms with E-state index in [1.165, 1.54) is 6.33 Å². The molecule has 8 heteroatoms. The van der Waals surface area contributed by atoms with Crippen molar-refractivity contribution >= 4 is 11.9 Å². The van der Waals surface area contributed by atoms with E-state index < -0.39 is 12.0 Å². The minimum atomic E-state index is -0.648. The van der Waals surface area contributed by atoms with Crippen molar-refractivity contribution in [3.63, 3.8) is 0 Å². The van der Waals surface area contributed by atoms with E-state index in [0.717, 1.165) is 24.8 Å². The van der Waals surface area contributed by atoms with Crippen molar-refractivity contribution in [1.29, 1.82) is 0 Å². The molecule has 8 nitrogen and oxygen atoms in total. The number of hydrogen-bond acceptors (Lipinski definition) is 7. The van der Waals surface area contributed by atoms with Crippen molar-refractivity contribution in [3.8, 4) is 11.5 Å². The van der Waals surface area contributed by atoms with Crippen LogP contribution in [0.25, 0.3) is 0 Å². The molecule has 0 saturated carbocycles. The second-order valence-electron chi connectivity index (χ2n) is 6.82. The van der Waals surface area contributed by atoms with E-state index in [4.69, 9.17) is 14.2 Å². The number of fused-ring (bicyclic) bond motifs is 1. The molecule has 0 spiro atoms. The van der Waals surface area contributed by atoms with Crippen molar-refractivity contribution in [2.45, 2.75) is 39.2 Å². The number of benzene rings is 1. The summed E-state index contributed by atoms with van der Waals surface area (Å²) >= 11 is 0. The van der Waals surface area contributed by atoms with Crippen LogP contribution >= 0.6 is 0 Å². The minimum Gasteiger partial charge on any atom is -0.493 e. The number of aromatic nitrogens is 3. The minimum absolute atomic E-state index is 0.285. The van der Waals surface area contributed by atoms with Gasteiger partial charge in [-0.3, -0.25) is 4.79 Å². The summed E-state index contributed by atoms with van der Waals surface area (Å²) in [5.41, 5.74) is 1.35. The van der Waals surface area contributed by atoms with E-state index in [9.17, 15) is 4.79 Å². The molecule has 0 radical (unpaired) electrons. The number of nitrogens with one attached hydrogen (secondary N) is 1. The normalized spacial score (nSPS) is 18.0. The molecule has 3 rings (SSSR count). The van der Waals surface area contributed by atoms with Gasteiger partial charge >= 0.3 is 5.97 Å². The van der Waals surface area contributed by atoms with Crippen LogP contribution in [0.2, 0.25) is 0 Å². The van der Waals surface area contributed by atoms with Gasteiger partial charge in [-0.1, -0.05) is 32.4 Å². The summed E-state index contributed by atoms with van der Waals surface area (Å²) in [6.07, 6.45) is 4.68. The summed E-state index contributed by atoms with van der Waals surface area (Å²) in [6, 6.07) is 5.20. The van der Waals surface area contributed by atoms with Crippen LogP contribution in [0.15, 0.2) is 36.8 Å². The molecule has 1 aliphatic heterocycles. The topological polar surface area (TPSA) is 87.5 Å². The molecule has 1 N–H and O–H groups in total. The zero-order chi connectivity index (χ0) is 20.8. The van der Waals surface area contributed by atoms with Gasteiger partial charge in [0.15, 0.2) is 11.5 Å². The summed E-state index contributed by atoms with van der Waals surface area (Å²) in [4.78, 5) is 16.9. The van der Waals surface area contributed by atoms with Gasteiger partial charge in [-0.05, 0) is 31.0 Å². The second-order valence-corrected chi connectivity index (χ2v) is 6.82. The predicted octanol–water partition coefficient (Wildman–Crippen LogP) is 3.56. The van der Waals surface area contributed by atoms with Crippen LogP contribution < -0.4 is 14.8 Å². The van der Waals surface area contributed by atoms with E-state index in [2.05, 4.69) is 28.9 Å². The Morgan fingerprint density at radius 3 is 2.83 bits per heavy atom. The van der Waals surface area contributed by atoms with Crippen LogP contribution in [-0.4, -0.2) is 41.1 Å². The molecular formula is C21H28N4O4. The van der Waals surface area contributed by atoms with E-state index in [-0.39, 0.29) is 12.6 Å². The average molecular weight is 400 g/mol. The van der Waals surface area contributed by atoms with Crippen LogP contribution in [0.4, 0.5) is 5.95 Å². The third-order valence-electron chi connectivity index (χ3n) is 4.88. The highest BCUT2D eigenvalue weighted by atomic mass is 16.5. The fraction of sp³-hybridized carbons (Fsp3) is 0.476. The van der Waals surface area contributed by atoms with Gasteiger partial charge in [0.1, 0.15) is 12.2 Å². The largest absolute Gasteiger partial charge is 0.493 e. The van der Waals surface area contributed by atoms with Crippen LogP contribution in [0.1, 0.15) is 44.7 Å². The Hall–Kier alpha value is -3.03. The molecule has 0 aliphatic carbocycles. The van der Waals surface area contributed by atoms with E-state index in [0.29, 0.717) is 29.8 Å². The monoisotopic (exact) mass is 400 g/mol. The SMILES string of the molecule is C=C1Nc2ncnn2[C@@H](c2ccc(OCCCCC)c(OC)c2)[C@H]1C(=O)OCC. The van der Waals surface area contributed by atoms with Crippen LogP contribution in [-0.2, 0) is 9.53 Å². The van der Waals surface area contributed by atoms with Gasteiger partial charge in [-0.15, -0.1) is 0 Å². The Balaban J connectivity index is 1.95. The van der Waals surface area contributed by atoms with Gasteiger partial charge in [0.2, 0.25) is 5.95 Å². The van der Waals surface area contributed by atoms with Crippen molar-refractivity contribution < 1.29 is 19.0 Å². The number of ether oxygens (including phenoxy) is 3. The molecule has 2 atom stereocenters. The molecule has 1 aliphatic rings. The highest BCUT2D eigenvalue weighted by molar-refractivity contribution is 5.79. The molecule has 0 unspecified atom stereocenters. The summed E-state index contributed by atoms with van der Waals surface area (Å²) in [5.74, 6) is 0.790. The van der Waals surface area contributed by atoms with Crippen molar-refractivity contribution in [2.75, 3.05) is 25.6 Å². The third kappa shape index (κ3) is 4.36. The summed E-state index contributed by atoms with van der Waals surface area (Å²) < 4.78 is 18.4. The summed E-state index contributed by atoms with van der Waals surface area (Å²) in [6.45, 7) is 8.87. The molecule has 0 saturated heterocycles.